The van der Waals surface area contributed by atoms with E-state index in [2.05, 4.69) is 166 Å². The molecule has 214 valence electrons. The number of likely N-dealkylation sites (N-methyl/N-ethyl adjacent to an activating group) is 2. The third-order valence-corrected chi connectivity index (χ3v) is 9.69. The van der Waals surface area contributed by atoms with Crippen LogP contribution in [0.5, 0.6) is 0 Å². The van der Waals surface area contributed by atoms with Crippen LogP contribution in [0.2, 0.25) is 0 Å². The molecule has 0 radical (unpaired) electrons. The Morgan fingerprint density at radius 2 is 1.05 bits per heavy atom. The van der Waals surface area contributed by atoms with Crippen LogP contribution in [-0.2, 0) is 10.8 Å². The zero-order valence-electron chi connectivity index (χ0n) is 26.3. The van der Waals surface area contributed by atoms with E-state index in [0.717, 1.165) is 19.4 Å². The second-order valence-corrected chi connectivity index (χ2v) is 12.8. The normalized spacial score (nSPS) is 22.5. The summed E-state index contributed by atoms with van der Waals surface area (Å²) in [5.41, 5.74) is 13.4. The van der Waals surface area contributed by atoms with Gasteiger partial charge in [-0.2, -0.15) is 4.58 Å². The van der Waals surface area contributed by atoms with Gasteiger partial charge in [-0.05, 0) is 55.2 Å². The molecule has 2 aliphatic heterocycles. The number of fused-ring (bicyclic) bond motifs is 2. The number of hydrogen-bond acceptors (Lipinski definition) is 2. The zero-order chi connectivity index (χ0) is 29.6. The summed E-state index contributed by atoms with van der Waals surface area (Å²) in [5.74, 6) is 0. The van der Waals surface area contributed by atoms with Gasteiger partial charge in [0.05, 0.1) is 0 Å². The summed E-state index contributed by atoms with van der Waals surface area (Å²) >= 11 is 0. The predicted molar refractivity (Wildman–Crippen MR) is 179 cm³/mol. The van der Waals surface area contributed by atoms with E-state index in [1.54, 1.807) is 0 Å². The summed E-state index contributed by atoms with van der Waals surface area (Å²) in [6, 6.07) is 28.5. The van der Waals surface area contributed by atoms with Gasteiger partial charge >= 0.3 is 0 Å². The molecule has 3 heteroatoms. The fourth-order valence-electron chi connectivity index (χ4n) is 7.42. The van der Waals surface area contributed by atoms with Crippen molar-refractivity contribution in [2.75, 3.05) is 30.4 Å². The molecule has 42 heavy (non-hydrogen) atoms. The largest absolute Gasteiger partial charge is 0.347 e. The van der Waals surface area contributed by atoms with Gasteiger partial charge in [-0.3, -0.25) is 0 Å². The molecule has 1 fully saturated rings. The van der Waals surface area contributed by atoms with Crippen LogP contribution < -0.4 is 9.80 Å². The smallest absolute Gasteiger partial charge is 0.212 e. The first kappa shape index (κ1) is 28.0. The Balaban J connectivity index is 1.46. The number of rotatable bonds is 4. The van der Waals surface area contributed by atoms with Crippen LogP contribution in [0.3, 0.4) is 0 Å². The van der Waals surface area contributed by atoms with Crippen molar-refractivity contribution >= 4 is 22.8 Å². The highest BCUT2D eigenvalue weighted by Crippen LogP contribution is 2.48. The molecule has 0 unspecified atom stereocenters. The van der Waals surface area contributed by atoms with Crippen molar-refractivity contribution in [2.24, 2.45) is 0 Å². The number of anilines is 2. The lowest BCUT2D eigenvalue weighted by Crippen LogP contribution is -2.23. The van der Waals surface area contributed by atoms with E-state index in [4.69, 9.17) is 0 Å². The van der Waals surface area contributed by atoms with Gasteiger partial charge in [0.2, 0.25) is 11.4 Å². The van der Waals surface area contributed by atoms with Crippen molar-refractivity contribution in [1.29, 1.82) is 0 Å². The van der Waals surface area contributed by atoms with Crippen molar-refractivity contribution < 1.29 is 4.58 Å². The standard InChI is InChI=1S/C39H44N3/c1-8-42(30-16-10-9-11-17-30)37-28(24-26-35-38(2,3)31-18-12-14-20-33(31)40(35)6)22-23-29(37)25-27-36-39(4,5)32-19-13-15-21-34(32)41(36)7/h9-21,24-27H,8,22-23H2,1-7H3/q+1. The van der Waals surface area contributed by atoms with Gasteiger partial charge in [0, 0.05) is 71.0 Å². The molecule has 1 saturated carbocycles. The molecule has 3 aromatic carbocycles. The molecule has 3 aliphatic rings. The Bertz CT molecular complexity index is 1580. The molecule has 3 nitrogen and oxygen atoms in total. The van der Waals surface area contributed by atoms with Gasteiger partial charge < -0.3 is 9.80 Å². The molecule has 6 rings (SSSR count). The topological polar surface area (TPSA) is 9.49 Å². The molecule has 1 aliphatic carbocycles. The first-order chi connectivity index (χ1) is 20.2. The van der Waals surface area contributed by atoms with E-state index in [-0.39, 0.29) is 10.8 Å². The van der Waals surface area contributed by atoms with Crippen LogP contribution in [0.1, 0.15) is 58.6 Å². The summed E-state index contributed by atoms with van der Waals surface area (Å²) < 4.78 is 2.50. The van der Waals surface area contributed by atoms with E-state index >= 15 is 0 Å². The van der Waals surface area contributed by atoms with Crippen LogP contribution in [0, 0.1) is 0 Å². The lowest BCUT2D eigenvalue weighted by Gasteiger charge is -2.24. The first-order valence-electron chi connectivity index (χ1n) is 15.4. The minimum Gasteiger partial charge on any atom is -0.347 e. The van der Waals surface area contributed by atoms with E-state index in [0.29, 0.717) is 0 Å². The molecule has 0 spiro atoms. The number of allylic oxidation sites excluding steroid dienone is 8. The van der Waals surface area contributed by atoms with Crippen LogP contribution in [-0.4, -0.2) is 30.9 Å². The Labute approximate surface area is 252 Å². The van der Waals surface area contributed by atoms with E-state index in [1.165, 1.54) is 56.4 Å². The number of benzene rings is 3. The quantitative estimate of drug-likeness (QED) is 0.298. The Kier molecular flexibility index (Phi) is 7.09. The van der Waals surface area contributed by atoms with Crippen LogP contribution in [0.4, 0.5) is 17.1 Å². The average molecular weight is 555 g/mol. The van der Waals surface area contributed by atoms with Crippen molar-refractivity contribution in [3.8, 4) is 0 Å². The molecule has 3 aromatic rings. The van der Waals surface area contributed by atoms with Crippen LogP contribution in [0.15, 0.2) is 126 Å². The number of hydrogen-bond donors (Lipinski definition) is 0. The highest BCUT2D eigenvalue weighted by atomic mass is 15.2. The fourth-order valence-corrected chi connectivity index (χ4v) is 7.42. The van der Waals surface area contributed by atoms with Gasteiger partial charge in [-0.25, -0.2) is 0 Å². The van der Waals surface area contributed by atoms with E-state index in [1.807, 2.05) is 0 Å². The van der Waals surface area contributed by atoms with Crippen molar-refractivity contribution in [3.05, 3.63) is 137 Å². The highest BCUT2D eigenvalue weighted by molar-refractivity contribution is 6.12. The van der Waals surface area contributed by atoms with E-state index in [9.17, 15) is 0 Å². The monoisotopic (exact) mass is 554 g/mol. The molecule has 0 saturated heterocycles. The maximum absolute atomic E-state index is 2.50. The molecular weight excluding hydrogens is 510 g/mol. The molecule has 0 aromatic heterocycles. The summed E-state index contributed by atoms with van der Waals surface area (Å²) in [6.45, 7) is 12.6. The molecule has 0 amide bonds. The highest BCUT2D eigenvalue weighted by Gasteiger charge is 2.39. The van der Waals surface area contributed by atoms with Gasteiger partial charge in [0.15, 0.2) is 0 Å². The van der Waals surface area contributed by atoms with Gasteiger partial charge in [0.1, 0.15) is 6.54 Å². The average Bonchev–Trinajstić information content (AvgIpc) is 3.54. The third-order valence-electron chi connectivity index (χ3n) is 9.69. The minimum atomic E-state index is -0.0399. The molecule has 0 atom stereocenters. The summed E-state index contributed by atoms with van der Waals surface area (Å²) in [6.07, 6.45) is 11.6. The predicted octanol–water partition coefficient (Wildman–Crippen LogP) is 9.06. The Hall–Kier alpha value is -4.11. The number of para-hydroxylation sites is 3. The van der Waals surface area contributed by atoms with E-state index < -0.39 is 0 Å². The Morgan fingerprint density at radius 3 is 1.48 bits per heavy atom. The fraction of sp³-hybridized carbons (Fsp3) is 0.308. The van der Waals surface area contributed by atoms with Gasteiger partial charge in [-0.1, -0.05) is 94.4 Å². The van der Waals surface area contributed by atoms with Crippen LogP contribution >= 0.6 is 0 Å². The second kappa shape index (κ2) is 10.6. The molecule has 0 bridgehead atoms. The lowest BCUT2D eigenvalue weighted by atomic mass is 9.83. The molecule has 2 heterocycles. The maximum atomic E-state index is 2.50. The summed E-state index contributed by atoms with van der Waals surface area (Å²) in [7, 11) is 4.41. The lowest BCUT2D eigenvalue weighted by molar-refractivity contribution is -0.435. The van der Waals surface area contributed by atoms with Crippen LogP contribution in [0.25, 0.3) is 0 Å². The molecule has 0 N–H and O–H groups in total. The number of nitrogens with zero attached hydrogens (tertiary/aromatic N) is 3. The minimum absolute atomic E-state index is 0.0399. The second-order valence-electron chi connectivity index (χ2n) is 12.8. The van der Waals surface area contributed by atoms with Crippen molar-refractivity contribution in [1.82, 2.24) is 0 Å². The van der Waals surface area contributed by atoms with Gasteiger partial charge in [0.25, 0.3) is 0 Å². The summed E-state index contributed by atoms with van der Waals surface area (Å²) in [4.78, 5) is 4.74. The zero-order valence-corrected chi connectivity index (χ0v) is 26.3. The van der Waals surface area contributed by atoms with Crippen molar-refractivity contribution in [2.45, 2.75) is 58.3 Å². The maximum Gasteiger partial charge on any atom is 0.212 e. The first-order valence-corrected chi connectivity index (χ1v) is 15.4. The van der Waals surface area contributed by atoms with Crippen molar-refractivity contribution in [3.63, 3.8) is 0 Å². The molecular formula is C39H44N3+. The Morgan fingerprint density at radius 1 is 0.619 bits per heavy atom. The summed E-state index contributed by atoms with van der Waals surface area (Å²) in [5, 5.41) is 0. The SMILES string of the molecule is CC[N+](=C1/C(=C/C=C2/N(C)c3ccccc3C2(C)C)CC/C1=C\C=C1\N(C)c2ccccc2C1(C)C)c1ccccc1. The van der Waals surface area contributed by atoms with Gasteiger partial charge in [-0.15, -0.1) is 0 Å². The third kappa shape index (κ3) is 4.47.